The van der Waals surface area contributed by atoms with Crippen molar-refractivity contribution in [3.63, 3.8) is 0 Å². The Morgan fingerprint density at radius 1 is 1.00 bits per heavy atom. The highest BCUT2D eigenvalue weighted by atomic mass is 32.2. The van der Waals surface area contributed by atoms with Gasteiger partial charge in [0, 0.05) is 13.6 Å². The van der Waals surface area contributed by atoms with E-state index in [4.69, 9.17) is 0 Å². The predicted octanol–water partition coefficient (Wildman–Crippen LogP) is 2.88. The van der Waals surface area contributed by atoms with Crippen LogP contribution in [-0.2, 0) is 32.6 Å². The van der Waals surface area contributed by atoms with E-state index in [1.165, 1.54) is 11.9 Å². The van der Waals surface area contributed by atoms with Crippen LogP contribution in [0.25, 0.3) is 0 Å². The van der Waals surface area contributed by atoms with Crippen LogP contribution in [0.5, 0.6) is 0 Å². The van der Waals surface area contributed by atoms with E-state index in [2.05, 4.69) is 5.32 Å². The van der Waals surface area contributed by atoms with E-state index in [9.17, 15) is 18.0 Å². The molecule has 1 N–H and O–H groups in total. The van der Waals surface area contributed by atoms with Crippen molar-refractivity contribution < 1.29 is 18.0 Å². The normalized spacial score (nSPS) is 12.2. The molecule has 2 amide bonds. The van der Waals surface area contributed by atoms with Crippen molar-refractivity contribution in [1.82, 2.24) is 10.2 Å². The second-order valence-electron chi connectivity index (χ2n) is 7.74. The summed E-state index contributed by atoms with van der Waals surface area (Å²) in [7, 11) is -2.20. The first-order valence-electron chi connectivity index (χ1n) is 10.7. The number of sulfonamides is 1. The molecular formula is C24H33N3O4S. The van der Waals surface area contributed by atoms with Gasteiger partial charge in [-0.25, -0.2) is 8.42 Å². The molecule has 0 aliphatic rings. The maximum absolute atomic E-state index is 13.5. The van der Waals surface area contributed by atoms with Crippen LogP contribution in [0.1, 0.15) is 37.0 Å². The van der Waals surface area contributed by atoms with E-state index in [0.29, 0.717) is 18.5 Å². The number of hydrogen-bond donors (Lipinski definition) is 1. The van der Waals surface area contributed by atoms with Crippen molar-refractivity contribution in [2.45, 2.75) is 46.2 Å². The largest absolute Gasteiger partial charge is 0.357 e. The van der Waals surface area contributed by atoms with Gasteiger partial charge in [-0.3, -0.25) is 13.9 Å². The Kier molecular flexibility index (Phi) is 8.83. The van der Waals surface area contributed by atoms with Crippen molar-refractivity contribution in [3.8, 4) is 0 Å². The molecule has 0 saturated heterocycles. The van der Waals surface area contributed by atoms with Crippen LogP contribution >= 0.6 is 0 Å². The molecule has 1 atom stereocenters. The fourth-order valence-corrected chi connectivity index (χ4v) is 4.59. The van der Waals surface area contributed by atoms with Gasteiger partial charge in [0.1, 0.15) is 12.6 Å². The Balaban J connectivity index is 2.48. The van der Waals surface area contributed by atoms with E-state index in [1.807, 2.05) is 57.2 Å². The minimum absolute atomic E-state index is 0.213. The number of carbonyl (C=O) groups is 2. The van der Waals surface area contributed by atoms with Crippen molar-refractivity contribution in [3.05, 3.63) is 65.2 Å². The lowest BCUT2D eigenvalue weighted by molar-refractivity contribution is -0.140. The third-order valence-electron chi connectivity index (χ3n) is 5.55. The number of rotatable bonds is 10. The van der Waals surface area contributed by atoms with Gasteiger partial charge in [-0.05, 0) is 42.5 Å². The van der Waals surface area contributed by atoms with E-state index >= 15 is 0 Å². The van der Waals surface area contributed by atoms with Crippen molar-refractivity contribution in [2.75, 3.05) is 24.2 Å². The van der Waals surface area contributed by atoms with Crippen LogP contribution in [0, 0.1) is 6.92 Å². The van der Waals surface area contributed by atoms with Crippen molar-refractivity contribution >= 4 is 27.5 Å². The van der Waals surface area contributed by atoms with Gasteiger partial charge in [0.2, 0.25) is 21.8 Å². The van der Waals surface area contributed by atoms with Gasteiger partial charge in [0.15, 0.2) is 0 Å². The summed E-state index contributed by atoms with van der Waals surface area (Å²) in [6.07, 6.45) is 2.12. The van der Waals surface area contributed by atoms with Gasteiger partial charge in [-0.1, -0.05) is 56.3 Å². The van der Waals surface area contributed by atoms with Gasteiger partial charge in [0.25, 0.3) is 0 Å². The highest BCUT2D eigenvalue weighted by molar-refractivity contribution is 7.92. The average molecular weight is 460 g/mol. The molecular weight excluding hydrogens is 426 g/mol. The molecule has 0 fully saturated rings. The number of nitrogens with one attached hydrogen (secondary N) is 1. The molecule has 32 heavy (non-hydrogen) atoms. The third kappa shape index (κ3) is 6.09. The maximum atomic E-state index is 13.5. The Morgan fingerprint density at radius 2 is 1.59 bits per heavy atom. The smallest absolute Gasteiger partial charge is 0.244 e. The lowest BCUT2D eigenvalue weighted by Crippen LogP contribution is -2.51. The number of nitrogens with zero attached hydrogens (tertiary/aromatic N) is 2. The molecule has 0 aromatic heterocycles. The van der Waals surface area contributed by atoms with Crippen LogP contribution in [0.4, 0.5) is 5.69 Å². The fourth-order valence-electron chi connectivity index (χ4n) is 3.70. The Labute approximate surface area is 191 Å². The Morgan fingerprint density at radius 3 is 2.12 bits per heavy atom. The first-order valence-corrected chi connectivity index (χ1v) is 12.6. The first-order chi connectivity index (χ1) is 15.1. The van der Waals surface area contributed by atoms with Crippen LogP contribution in [0.15, 0.2) is 48.5 Å². The van der Waals surface area contributed by atoms with Gasteiger partial charge >= 0.3 is 0 Å². The van der Waals surface area contributed by atoms with Crippen molar-refractivity contribution in [1.29, 1.82) is 0 Å². The van der Waals surface area contributed by atoms with Gasteiger partial charge in [-0.15, -0.1) is 0 Å². The zero-order chi connectivity index (χ0) is 23.9. The topological polar surface area (TPSA) is 86.8 Å². The summed E-state index contributed by atoms with van der Waals surface area (Å²) in [5, 5.41) is 2.62. The number of para-hydroxylation sites is 1. The molecule has 0 heterocycles. The molecule has 0 aliphatic carbocycles. The number of anilines is 1. The van der Waals surface area contributed by atoms with Crippen molar-refractivity contribution in [2.24, 2.45) is 0 Å². The molecule has 0 aliphatic heterocycles. The highest BCUT2D eigenvalue weighted by Crippen LogP contribution is 2.24. The zero-order valence-corrected chi connectivity index (χ0v) is 20.3. The second kappa shape index (κ2) is 11.1. The number of likely N-dealkylation sites (N-methyl/N-ethyl adjacent to an activating group) is 1. The fraction of sp³-hybridized carbons (Fsp3) is 0.417. The summed E-state index contributed by atoms with van der Waals surface area (Å²) >= 11 is 0. The minimum Gasteiger partial charge on any atom is -0.357 e. The minimum atomic E-state index is -3.73. The lowest BCUT2D eigenvalue weighted by Gasteiger charge is -2.33. The van der Waals surface area contributed by atoms with E-state index in [0.717, 1.165) is 27.3 Å². The molecule has 0 spiro atoms. The second-order valence-corrected chi connectivity index (χ2v) is 9.65. The van der Waals surface area contributed by atoms with Gasteiger partial charge in [-0.2, -0.15) is 0 Å². The number of benzene rings is 2. The molecule has 0 radical (unpaired) electrons. The van der Waals surface area contributed by atoms with Gasteiger partial charge < -0.3 is 10.2 Å². The summed E-state index contributed by atoms with van der Waals surface area (Å²) < 4.78 is 26.5. The van der Waals surface area contributed by atoms with E-state index < -0.39 is 22.0 Å². The molecule has 174 valence electrons. The Bertz CT molecular complexity index is 1050. The molecule has 7 nitrogen and oxygen atoms in total. The van der Waals surface area contributed by atoms with E-state index in [1.54, 1.807) is 12.1 Å². The maximum Gasteiger partial charge on any atom is 0.244 e. The van der Waals surface area contributed by atoms with E-state index in [-0.39, 0.29) is 19.0 Å². The number of amides is 2. The molecule has 0 saturated carbocycles. The summed E-state index contributed by atoms with van der Waals surface area (Å²) in [5.74, 6) is -0.714. The summed E-state index contributed by atoms with van der Waals surface area (Å²) in [6, 6.07) is 14.1. The molecule has 2 aromatic rings. The predicted molar refractivity (Wildman–Crippen MR) is 128 cm³/mol. The van der Waals surface area contributed by atoms with Crippen LogP contribution in [0.3, 0.4) is 0 Å². The summed E-state index contributed by atoms with van der Waals surface area (Å²) in [6.45, 7) is 5.54. The zero-order valence-electron chi connectivity index (χ0n) is 19.5. The SMILES string of the molecule is CCc1ccccc1N(CC(=O)N(Cc1ccccc1C)[C@H](CC)C(=O)NC)S(C)(=O)=O. The molecule has 8 heteroatoms. The molecule has 0 bridgehead atoms. The standard InChI is InChI=1S/C24H33N3O4S/c1-6-19-13-10-11-15-22(19)27(32(5,30)31)17-23(28)26(21(7-2)24(29)25-4)16-20-14-9-8-12-18(20)3/h8-15,21H,6-7,16-17H2,1-5H3,(H,25,29)/t21-/m1/s1. The number of hydrogen-bond acceptors (Lipinski definition) is 4. The van der Waals surface area contributed by atoms with Crippen LogP contribution < -0.4 is 9.62 Å². The third-order valence-corrected chi connectivity index (χ3v) is 6.68. The van der Waals surface area contributed by atoms with Crippen LogP contribution in [-0.4, -0.2) is 51.0 Å². The number of carbonyl (C=O) groups excluding carboxylic acids is 2. The molecule has 2 aromatic carbocycles. The number of aryl methyl sites for hydroxylation is 2. The summed E-state index contributed by atoms with van der Waals surface area (Å²) in [5.41, 5.74) is 3.21. The lowest BCUT2D eigenvalue weighted by atomic mass is 10.1. The molecule has 0 unspecified atom stereocenters. The monoisotopic (exact) mass is 459 g/mol. The summed E-state index contributed by atoms with van der Waals surface area (Å²) in [4.78, 5) is 27.6. The quantitative estimate of drug-likeness (QED) is 0.592. The molecule has 2 rings (SSSR count). The highest BCUT2D eigenvalue weighted by Gasteiger charge is 2.32. The first kappa shape index (κ1) is 25.4. The Hall–Kier alpha value is -2.87. The van der Waals surface area contributed by atoms with Crippen LogP contribution in [0.2, 0.25) is 0 Å². The van der Waals surface area contributed by atoms with Gasteiger partial charge in [0.05, 0.1) is 11.9 Å². The average Bonchev–Trinajstić information content (AvgIpc) is 2.77.